The molecule has 0 aliphatic carbocycles. The molecular weight excluding hydrogens is 371 g/mol. The fourth-order valence-electron chi connectivity index (χ4n) is 3.25. The number of anilines is 1. The second kappa shape index (κ2) is 6.02. The molecule has 1 aliphatic rings. The van der Waals surface area contributed by atoms with Gasteiger partial charge in [0.05, 0.1) is 23.1 Å². The third-order valence-electron chi connectivity index (χ3n) is 4.38. The van der Waals surface area contributed by atoms with Crippen LogP contribution in [0.5, 0.6) is 0 Å². The number of fused-ring (bicyclic) bond motifs is 3. The van der Waals surface area contributed by atoms with Gasteiger partial charge in [0, 0.05) is 16.6 Å². The third kappa shape index (κ3) is 2.60. The van der Waals surface area contributed by atoms with E-state index in [4.69, 9.17) is 0 Å². The largest absolute Gasteiger partial charge is 0.376 e. The van der Waals surface area contributed by atoms with Crippen molar-refractivity contribution in [1.29, 1.82) is 0 Å². The second-order valence-corrected chi connectivity index (χ2v) is 6.86. The Morgan fingerprint density at radius 3 is 2.92 bits per heavy atom. The first-order chi connectivity index (χ1) is 11.6. The van der Waals surface area contributed by atoms with Crippen molar-refractivity contribution < 1.29 is 4.39 Å². The molecule has 1 aliphatic heterocycles. The van der Waals surface area contributed by atoms with E-state index in [-0.39, 0.29) is 11.9 Å². The van der Waals surface area contributed by atoms with Crippen LogP contribution in [0.4, 0.5) is 10.1 Å². The number of para-hydroxylation sites is 1. The first-order valence-electron chi connectivity index (χ1n) is 7.84. The van der Waals surface area contributed by atoms with E-state index in [0.29, 0.717) is 5.69 Å². The molecule has 4 rings (SSSR count). The average molecular weight is 387 g/mol. The van der Waals surface area contributed by atoms with Gasteiger partial charge >= 0.3 is 0 Å². The van der Waals surface area contributed by atoms with Crippen molar-refractivity contribution in [3.05, 3.63) is 64.0 Å². The Balaban J connectivity index is 1.82. The molecule has 6 heteroatoms. The lowest BCUT2D eigenvalue weighted by atomic mass is 9.96. The van der Waals surface area contributed by atoms with Crippen LogP contribution in [0.2, 0.25) is 0 Å². The van der Waals surface area contributed by atoms with Crippen molar-refractivity contribution >= 4 is 21.6 Å². The Bertz CT molecular complexity index is 906. The number of benzene rings is 2. The van der Waals surface area contributed by atoms with Crippen LogP contribution in [0.1, 0.15) is 23.7 Å². The van der Waals surface area contributed by atoms with Gasteiger partial charge < -0.3 is 5.32 Å². The van der Waals surface area contributed by atoms with E-state index in [1.165, 1.54) is 6.07 Å². The first kappa shape index (κ1) is 15.3. The number of rotatable bonds is 2. The molecule has 0 saturated carbocycles. The number of hydrogen-bond acceptors (Lipinski definition) is 3. The zero-order valence-corrected chi connectivity index (χ0v) is 14.7. The van der Waals surface area contributed by atoms with Crippen LogP contribution in [-0.4, -0.2) is 15.0 Å². The molecule has 1 atom stereocenters. The van der Waals surface area contributed by atoms with E-state index in [0.717, 1.165) is 40.0 Å². The zero-order valence-electron chi connectivity index (χ0n) is 13.1. The summed E-state index contributed by atoms with van der Waals surface area (Å²) < 4.78 is 17.0. The molecule has 0 saturated heterocycles. The van der Waals surface area contributed by atoms with E-state index in [2.05, 4.69) is 43.7 Å². The van der Waals surface area contributed by atoms with E-state index >= 15 is 0 Å². The van der Waals surface area contributed by atoms with E-state index in [1.54, 1.807) is 12.1 Å². The standard InChI is InChI=1S/C18H16BrFN4/c1-11-18-13-7-6-12(19)10-14(13)16(8-9-24(18)23-22-11)21-17-5-3-2-4-15(17)20/h2-7,10,16,21H,8-9H2,1H3. The Kier molecular flexibility index (Phi) is 3.84. The fourth-order valence-corrected chi connectivity index (χ4v) is 3.63. The summed E-state index contributed by atoms with van der Waals surface area (Å²) >= 11 is 3.55. The van der Waals surface area contributed by atoms with Gasteiger partial charge in [-0.15, -0.1) is 5.10 Å². The second-order valence-electron chi connectivity index (χ2n) is 5.94. The van der Waals surface area contributed by atoms with Gasteiger partial charge in [0.25, 0.3) is 0 Å². The first-order valence-corrected chi connectivity index (χ1v) is 8.64. The van der Waals surface area contributed by atoms with Crippen LogP contribution in [0.15, 0.2) is 46.9 Å². The van der Waals surface area contributed by atoms with Crippen LogP contribution < -0.4 is 5.32 Å². The number of hydrogen-bond donors (Lipinski definition) is 1. The molecule has 2 heterocycles. The summed E-state index contributed by atoms with van der Waals surface area (Å²) in [5.41, 5.74) is 4.67. The molecule has 122 valence electrons. The highest BCUT2D eigenvalue weighted by atomic mass is 79.9. The molecule has 4 nitrogen and oxygen atoms in total. The molecule has 1 aromatic heterocycles. The molecule has 0 fully saturated rings. The fraction of sp³-hybridized carbons (Fsp3) is 0.222. The molecule has 3 aromatic rings. The van der Waals surface area contributed by atoms with Gasteiger partial charge in [-0.1, -0.05) is 39.3 Å². The van der Waals surface area contributed by atoms with Gasteiger partial charge in [-0.3, -0.25) is 0 Å². The monoisotopic (exact) mass is 386 g/mol. The Hall–Kier alpha value is -2.21. The molecule has 0 radical (unpaired) electrons. The summed E-state index contributed by atoms with van der Waals surface area (Å²) in [4.78, 5) is 0. The van der Waals surface area contributed by atoms with Gasteiger partial charge in [0.15, 0.2) is 0 Å². The van der Waals surface area contributed by atoms with E-state index in [1.807, 2.05) is 23.7 Å². The number of aromatic nitrogens is 3. The summed E-state index contributed by atoms with van der Waals surface area (Å²) in [7, 11) is 0. The summed E-state index contributed by atoms with van der Waals surface area (Å²) in [6.45, 7) is 2.70. The molecular formula is C18H16BrFN4. The smallest absolute Gasteiger partial charge is 0.146 e. The molecule has 0 amide bonds. The summed E-state index contributed by atoms with van der Waals surface area (Å²) in [5, 5.41) is 11.8. The number of aryl methyl sites for hydroxylation is 2. The summed E-state index contributed by atoms with van der Waals surface area (Å²) in [5.74, 6) is -0.242. The number of nitrogens with one attached hydrogen (secondary N) is 1. The minimum absolute atomic E-state index is 0.00417. The highest BCUT2D eigenvalue weighted by Crippen LogP contribution is 2.38. The number of halogens is 2. The summed E-state index contributed by atoms with van der Waals surface area (Å²) in [6, 6.07) is 12.9. The van der Waals surface area contributed by atoms with Gasteiger partial charge in [0.2, 0.25) is 0 Å². The van der Waals surface area contributed by atoms with Crippen molar-refractivity contribution in [3.8, 4) is 11.3 Å². The van der Waals surface area contributed by atoms with Crippen LogP contribution >= 0.6 is 15.9 Å². The Labute approximate surface area is 147 Å². The van der Waals surface area contributed by atoms with Crippen LogP contribution in [0.3, 0.4) is 0 Å². The van der Waals surface area contributed by atoms with Gasteiger partial charge in [0.1, 0.15) is 5.82 Å². The molecule has 1 N–H and O–H groups in total. The van der Waals surface area contributed by atoms with Crippen LogP contribution in [-0.2, 0) is 6.54 Å². The maximum absolute atomic E-state index is 14.1. The van der Waals surface area contributed by atoms with Crippen molar-refractivity contribution in [1.82, 2.24) is 15.0 Å². The van der Waals surface area contributed by atoms with E-state index < -0.39 is 0 Å². The number of nitrogens with zero attached hydrogens (tertiary/aromatic N) is 3. The highest BCUT2D eigenvalue weighted by Gasteiger charge is 2.25. The third-order valence-corrected chi connectivity index (χ3v) is 4.87. The van der Waals surface area contributed by atoms with Crippen molar-refractivity contribution in [2.24, 2.45) is 0 Å². The maximum atomic E-state index is 14.1. The zero-order chi connectivity index (χ0) is 16.7. The van der Waals surface area contributed by atoms with E-state index in [9.17, 15) is 4.39 Å². The van der Waals surface area contributed by atoms with Crippen molar-refractivity contribution in [3.63, 3.8) is 0 Å². The lowest BCUT2D eigenvalue weighted by molar-refractivity contribution is 0.536. The highest BCUT2D eigenvalue weighted by molar-refractivity contribution is 9.10. The average Bonchev–Trinajstić information content (AvgIpc) is 2.86. The quantitative estimate of drug-likeness (QED) is 0.693. The SMILES string of the molecule is Cc1nnn2c1-c1ccc(Br)cc1C(Nc1ccccc1F)CC2. The van der Waals surface area contributed by atoms with Crippen molar-refractivity contribution in [2.45, 2.75) is 25.9 Å². The predicted octanol–water partition coefficient (Wildman–Crippen LogP) is 4.71. The van der Waals surface area contributed by atoms with Gasteiger partial charge in [-0.2, -0.15) is 0 Å². The van der Waals surface area contributed by atoms with Crippen LogP contribution in [0, 0.1) is 12.7 Å². The Morgan fingerprint density at radius 1 is 1.25 bits per heavy atom. The molecule has 2 aromatic carbocycles. The molecule has 0 bridgehead atoms. The van der Waals surface area contributed by atoms with Gasteiger partial charge in [-0.05, 0) is 43.2 Å². The topological polar surface area (TPSA) is 42.7 Å². The predicted molar refractivity (Wildman–Crippen MR) is 95.3 cm³/mol. The molecule has 24 heavy (non-hydrogen) atoms. The summed E-state index contributed by atoms with van der Waals surface area (Å²) in [6.07, 6.45) is 0.799. The Morgan fingerprint density at radius 2 is 2.08 bits per heavy atom. The minimum atomic E-state index is -0.242. The molecule has 1 unspecified atom stereocenters. The van der Waals surface area contributed by atoms with Crippen LogP contribution in [0.25, 0.3) is 11.3 Å². The lowest BCUT2D eigenvalue weighted by Crippen LogP contribution is -2.13. The molecule has 0 spiro atoms. The lowest BCUT2D eigenvalue weighted by Gasteiger charge is -2.21. The van der Waals surface area contributed by atoms with Gasteiger partial charge in [-0.25, -0.2) is 9.07 Å². The van der Waals surface area contributed by atoms with Crippen molar-refractivity contribution in [2.75, 3.05) is 5.32 Å². The minimum Gasteiger partial charge on any atom is -0.376 e. The normalized spacial score (nSPS) is 16.2. The maximum Gasteiger partial charge on any atom is 0.146 e.